The van der Waals surface area contributed by atoms with Crippen LogP contribution in [0.25, 0.3) is 0 Å². The van der Waals surface area contributed by atoms with E-state index in [0.717, 1.165) is 5.56 Å². The number of carbonyl (C=O) groups excluding carboxylic acids is 2. The molecule has 0 saturated heterocycles. The van der Waals surface area contributed by atoms with E-state index in [0.29, 0.717) is 36.2 Å². The number of aliphatic carboxylic acids is 1. The minimum Gasteiger partial charge on any atom is -0.481 e. The standard InChI is InChI=1S/C15H20N2O5S/c1-8-7-23-12(11(8)14(20)22-2)17-15(21)16-10-5-3-9(4-6-10)13(18)19/h7,9-10H,3-6H2,1-2H3,(H,18,19)(H2,16,17,21). The molecule has 0 bridgehead atoms. The van der Waals surface area contributed by atoms with Gasteiger partial charge in [-0.25, -0.2) is 9.59 Å². The molecule has 2 amide bonds. The Morgan fingerprint density at radius 1 is 1.26 bits per heavy atom. The first-order valence-corrected chi connectivity index (χ1v) is 8.27. The highest BCUT2D eigenvalue weighted by Crippen LogP contribution is 2.29. The van der Waals surface area contributed by atoms with Crippen LogP contribution in [0.5, 0.6) is 0 Å². The Hall–Kier alpha value is -2.09. The van der Waals surface area contributed by atoms with Crippen LogP contribution in [0, 0.1) is 12.8 Å². The van der Waals surface area contributed by atoms with E-state index < -0.39 is 18.0 Å². The second-order valence-corrected chi connectivity index (χ2v) is 6.48. The van der Waals surface area contributed by atoms with Crippen LogP contribution in [0.15, 0.2) is 5.38 Å². The molecule has 1 saturated carbocycles. The fourth-order valence-corrected chi connectivity index (χ4v) is 3.63. The Morgan fingerprint density at radius 3 is 2.48 bits per heavy atom. The van der Waals surface area contributed by atoms with Crippen molar-refractivity contribution < 1.29 is 24.2 Å². The van der Waals surface area contributed by atoms with Crippen molar-refractivity contribution in [3.8, 4) is 0 Å². The lowest BCUT2D eigenvalue weighted by Crippen LogP contribution is -2.41. The molecule has 1 aliphatic carbocycles. The lowest BCUT2D eigenvalue weighted by atomic mass is 9.86. The summed E-state index contributed by atoms with van der Waals surface area (Å²) in [4.78, 5) is 34.7. The Kier molecular flexibility index (Phi) is 5.59. The Bertz CT molecular complexity index is 605. The van der Waals surface area contributed by atoms with Crippen LogP contribution in [0.4, 0.5) is 9.80 Å². The van der Waals surface area contributed by atoms with E-state index in [2.05, 4.69) is 10.6 Å². The summed E-state index contributed by atoms with van der Waals surface area (Å²) in [5.74, 6) is -1.58. The molecule has 126 valence electrons. The molecular weight excluding hydrogens is 320 g/mol. The van der Waals surface area contributed by atoms with E-state index in [4.69, 9.17) is 9.84 Å². The van der Waals surface area contributed by atoms with Crippen molar-refractivity contribution in [3.05, 3.63) is 16.5 Å². The number of ether oxygens (including phenoxy) is 1. The second kappa shape index (κ2) is 7.45. The third kappa shape index (κ3) is 4.22. The zero-order chi connectivity index (χ0) is 17.0. The number of methoxy groups -OCH3 is 1. The summed E-state index contributed by atoms with van der Waals surface area (Å²) in [7, 11) is 1.30. The number of hydrogen-bond donors (Lipinski definition) is 3. The minimum absolute atomic E-state index is 0.0479. The molecule has 0 atom stereocenters. The van der Waals surface area contributed by atoms with E-state index in [1.54, 1.807) is 12.3 Å². The van der Waals surface area contributed by atoms with Crippen molar-refractivity contribution in [3.63, 3.8) is 0 Å². The quantitative estimate of drug-likeness (QED) is 0.731. The smallest absolute Gasteiger partial charge is 0.341 e. The van der Waals surface area contributed by atoms with E-state index in [-0.39, 0.29) is 12.0 Å². The maximum absolute atomic E-state index is 12.1. The molecule has 1 aliphatic rings. The van der Waals surface area contributed by atoms with E-state index in [1.165, 1.54) is 18.4 Å². The lowest BCUT2D eigenvalue weighted by molar-refractivity contribution is -0.142. The fourth-order valence-electron chi connectivity index (χ4n) is 2.70. The zero-order valence-corrected chi connectivity index (χ0v) is 13.9. The molecule has 3 N–H and O–H groups in total. The molecule has 0 spiro atoms. The van der Waals surface area contributed by atoms with Gasteiger partial charge in [0.1, 0.15) is 5.00 Å². The summed E-state index contributed by atoms with van der Waals surface area (Å²) >= 11 is 1.26. The number of hydrogen-bond acceptors (Lipinski definition) is 5. The average Bonchev–Trinajstić information content (AvgIpc) is 2.87. The van der Waals surface area contributed by atoms with Gasteiger partial charge in [-0.2, -0.15) is 0 Å². The molecule has 1 fully saturated rings. The number of urea groups is 1. The fraction of sp³-hybridized carbons (Fsp3) is 0.533. The van der Waals surface area contributed by atoms with Crippen LogP contribution in [0.3, 0.4) is 0 Å². The molecule has 0 radical (unpaired) electrons. The first kappa shape index (κ1) is 17.3. The number of esters is 1. The normalized spacial score (nSPS) is 20.6. The topological polar surface area (TPSA) is 105 Å². The molecule has 7 nitrogen and oxygen atoms in total. The van der Waals surface area contributed by atoms with E-state index in [1.807, 2.05) is 0 Å². The van der Waals surface area contributed by atoms with Crippen LogP contribution in [-0.4, -0.2) is 36.2 Å². The number of thiophene rings is 1. The Morgan fingerprint density at radius 2 is 1.91 bits per heavy atom. The zero-order valence-electron chi connectivity index (χ0n) is 13.0. The van der Waals surface area contributed by atoms with Gasteiger partial charge < -0.3 is 15.2 Å². The molecular formula is C15H20N2O5S. The van der Waals surface area contributed by atoms with Gasteiger partial charge in [0.15, 0.2) is 0 Å². The summed E-state index contributed by atoms with van der Waals surface area (Å²) in [6.07, 6.45) is 2.40. The number of carboxylic acid groups (broad SMARTS) is 1. The number of anilines is 1. The Balaban J connectivity index is 1.91. The summed E-state index contributed by atoms with van der Waals surface area (Å²) < 4.78 is 4.72. The van der Waals surface area contributed by atoms with Crippen molar-refractivity contribution in [1.82, 2.24) is 5.32 Å². The van der Waals surface area contributed by atoms with Gasteiger partial charge in [0.05, 0.1) is 18.6 Å². The van der Waals surface area contributed by atoms with Gasteiger partial charge in [0, 0.05) is 6.04 Å². The van der Waals surface area contributed by atoms with Crippen molar-refractivity contribution in [2.45, 2.75) is 38.6 Å². The molecule has 1 aromatic heterocycles. The highest BCUT2D eigenvalue weighted by atomic mass is 32.1. The number of nitrogens with one attached hydrogen (secondary N) is 2. The van der Waals surface area contributed by atoms with Gasteiger partial charge in [-0.3, -0.25) is 10.1 Å². The van der Waals surface area contributed by atoms with Crippen molar-refractivity contribution in [2.75, 3.05) is 12.4 Å². The summed E-state index contributed by atoms with van der Waals surface area (Å²) in [6.45, 7) is 1.78. The van der Waals surface area contributed by atoms with Gasteiger partial charge in [-0.15, -0.1) is 11.3 Å². The van der Waals surface area contributed by atoms with Crippen LogP contribution >= 0.6 is 11.3 Å². The number of carbonyl (C=O) groups is 3. The number of amides is 2. The maximum Gasteiger partial charge on any atom is 0.341 e. The van der Waals surface area contributed by atoms with Gasteiger partial charge in [-0.05, 0) is 43.6 Å². The van der Waals surface area contributed by atoms with Crippen LogP contribution in [0.2, 0.25) is 0 Å². The molecule has 1 aromatic rings. The average molecular weight is 340 g/mol. The van der Waals surface area contributed by atoms with Gasteiger partial charge in [0.25, 0.3) is 0 Å². The first-order valence-electron chi connectivity index (χ1n) is 7.39. The Labute approximate surface area is 138 Å². The number of rotatable bonds is 4. The first-order chi connectivity index (χ1) is 10.9. The van der Waals surface area contributed by atoms with Crippen molar-refractivity contribution in [2.24, 2.45) is 5.92 Å². The summed E-state index contributed by atoms with van der Waals surface area (Å²) in [5, 5.41) is 16.7. The van der Waals surface area contributed by atoms with Crippen molar-refractivity contribution in [1.29, 1.82) is 0 Å². The maximum atomic E-state index is 12.1. The number of aryl methyl sites for hydroxylation is 1. The molecule has 1 heterocycles. The lowest BCUT2D eigenvalue weighted by Gasteiger charge is -2.26. The van der Waals surface area contributed by atoms with Gasteiger partial charge in [-0.1, -0.05) is 0 Å². The highest BCUT2D eigenvalue weighted by molar-refractivity contribution is 7.15. The predicted molar refractivity (Wildman–Crippen MR) is 85.9 cm³/mol. The van der Waals surface area contributed by atoms with Crippen LogP contribution < -0.4 is 10.6 Å². The minimum atomic E-state index is -0.773. The molecule has 8 heteroatoms. The van der Waals surface area contributed by atoms with Gasteiger partial charge in [0.2, 0.25) is 0 Å². The summed E-state index contributed by atoms with van der Waals surface area (Å²) in [6, 6.07) is -0.441. The van der Waals surface area contributed by atoms with E-state index >= 15 is 0 Å². The molecule has 23 heavy (non-hydrogen) atoms. The molecule has 2 rings (SSSR count). The second-order valence-electron chi connectivity index (χ2n) is 5.60. The molecule has 0 unspecified atom stereocenters. The third-order valence-corrected chi connectivity index (χ3v) is 5.02. The van der Waals surface area contributed by atoms with Gasteiger partial charge >= 0.3 is 18.0 Å². The molecule has 0 aromatic carbocycles. The van der Waals surface area contributed by atoms with Crippen LogP contribution in [-0.2, 0) is 9.53 Å². The van der Waals surface area contributed by atoms with E-state index in [9.17, 15) is 14.4 Å². The molecule has 0 aliphatic heterocycles. The SMILES string of the molecule is COC(=O)c1c(C)csc1NC(=O)NC1CCC(C(=O)O)CC1. The third-order valence-electron chi connectivity index (χ3n) is 4.00. The largest absolute Gasteiger partial charge is 0.481 e. The highest BCUT2D eigenvalue weighted by Gasteiger charge is 2.27. The van der Waals surface area contributed by atoms with Crippen molar-refractivity contribution >= 4 is 34.3 Å². The predicted octanol–water partition coefficient (Wildman–Crippen LogP) is 2.61. The number of carboxylic acids is 1. The summed E-state index contributed by atoms with van der Waals surface area (Å²) in [5.41, 5.74) is 1.11. The monoisotopic (exact) mass is 340 g/mol. The van der Waals surface area contributed by atoms with Crippen LogP contribution in [0.1, 0.15) is 41.6 Å².